The highest BCUT2D eigenvalue weighted by molar-refractivity contribution is 5.77. The molecule has 0 N–H and O–H groups in total. The fraction of sp³-hybridized carbons (Fsp3) is 0.381. The quantitative estimate of drug-likeness (QED) is 0.792. The summed E-state index contributed by atoms with van der Waals surface area (Å²) in [5.41, 5.74) is 2.32. The van der Waals surface area contributed by atoms with Gasteiger partial charge in [0.25, 0.3) is 0 Å². The maximum absolute atomic E-state index is 13.5. The summed E-state index contributed by atoms with van der Waals surface area (Å²) in [5, 5.41) is 0. The van der Waals surface area contributed by atoms with Crippen molar-refractivity contribution in [3.05, 3.63) is 65.2 Å². The molecule has 0 aromatic heterocycles. The van der Waals surface area contributed by atoms with E-state index >= 15 is 0 Å². The summed E-state index contributed by atoms with van der Waals surface area (Å²) in [4.78, 5) is 14.2. The van der Waals surface area contributed by atoms with Gasteiger partial charge in [-0.05, 0) is 41.7 Å². The normalized spacial score (nSPS) is 15.6. The molecule has 1 aliphatic heterocycles. The third-order valence-electron chi connectivity index (χ3n) is 5.04. The van der Waals surface area contributed by atoms with Gasteiger partial charge in [0.05, 0.1) is 13.0 Å². The minimum atomic E-state index is -4.46. The van der Waals surface area contributed by atoms with Crippen molar-refractivity contribution >= 4 is 5.91 Å². The van der Waals surface area contributed by atoms with Crippen molar-refractivity contribution in [1.29, 1.82) is 0 Å². The van der Waals surface area contributed by atoms with Gasteiger partial charge in [-0.3, -0.25) is 4.79 Å². The van der Waals surface area contributed by atoms with Crippen molar-refractivity contribution in [2.75, 3.05) is 20.2 Å². The number of ether oxygens (including phenoxy) is 1. The van der Waals surface area contributed by atoms with E-state index in [2.05, 4.69) is 0 Å². The summed E-state index contributed by atoms with van der Waals surface area (Å²) >= 11 is 0. The Morgan fingerprint density at radius 3 is 2.37 bits per heavy atom. The zero-order chi connectivity index (χ0) is 19.4. The fourth-order valence-electron chi connectivity index (χ4n) is 3.49. The van der Waals surface area contributed by atoms with Crippen LogP contribution in [0.15, 0.2) is 48.5 Å². The summed E-state index contributed by atoms with van der Waals surface area (Å²) in [6.07, 6.45) is -3.78. The molecule has 6 heteroatoms. The number of rotatable bonds is 4. The van der Waals surface area contributed by atoms with E-state index in [9.17, 15) is 18.0 Å². The lowest BCUT2D eigenvalue weighted by molar-refractivity contribution is -0.160. The summed E-state index contributed by atoms with van der Waals surface area (Å²) in [6, 6.07) is 13.4. The van der Waals surface area contributed by atoms with Crippen molar-refractivity contribution in [3.63, 3.8) is 0 Å². The van der Waals surface area contributed by atoms with E-state index in [1.807, 2.05) is 18.2 Å². The Hall–Kier alpha value is -2.50. The van der Waals surface area contributed by atoms with Crippen molar-refractivity contribution in [2.45, 2.75) is 31.4 Å². The van der Waals surface area contributed by atoms with E-state index in [4.69, 9.17) is 4.74 Å². The van der Waals surface area contributed by atoms with E-state index < -0.39 is 24.4 Å². The molecule has 1 amide bonds. The smallest absolute Gasteiger partial charge is 0.396 e. The predicted molar refractivity (Wildman–Crippen MR) is 96.8 cm³/mol. The van der Waals surface area contributed by atoms with Crippen LogP contribution in [-0.4, -0.2) is 37.2 Å². The Balaban J connectivity index is 1.72. The van der Waals surface area contributed by atoms with Gasteiger partial charge in [0.1, 0.15) is 5.75 Å². The summed E-state index contributed by atoms with van der Waals surface area (Å²) in [5.74, 6) is -1.49. The lowest BCUT2D eigenvalue weighted by Gasteiger charge is -2.25. The van der Waals surface area contributed by atoms with Gasteiger partial charge in [-0.15, -0.1) is 0 Å². The Morgan fingerprint density at radius 2 is 1.74 bits per heavy atom. The molecule has 0 fully saturated rings. The van der Waals surface area contributed by atoms with Gasteiger partial charge in [-0.1, -0.05) is 36.4 Å². The molecule has 2 aromatic rings. The number of carbonyl (C=O) groups excluding carboxylic acids is 1. The Morgan fingerprint density at radius 1 is 1.07 bits per heavy atom. The first-order chi connectivity index (χ1) is 12.9. The highest BCUT2D eigenvalue weighted by Crippen LogP contribution is 2.38. The monoisotopic (exact) mass is 377 g/mol. The van der Waals surface area contributed by atoms with Crippen LogP contribution in [0.3, 0.4) is 0 Å². The first kappa shape index (κ1) is 19.3. The molecule has 144 valence electrons. The Bertz CT molecular complexity index is 790. The fourth-order valence-corrected chi connectivity index (χ4v) is 3.49. The molecule has 1 atom stereocenters. The van der Waals surface area contributed by atoms with E-state index in [0.717, 1.165) is 16.9 Å². The number of alkyl halides is 3. The minimum absolute atomic E-state index is 0.126. The Kier molecular flexibility index (Phi) is 5.73. The molecule has 1 aliphatic rings. The molecule has 0 bridgehead atoms. The van der Waals surface area contributed by atoms with Gasteiger partial charge in [0, 0.05) is 19.5 Å². The van der Waals surface area contributed by atoms with Crippen LogP contribution < -0.4 is 4.74 Å². The lowest BCUT2D eigenvalue weighted by Crippen LogP contribution is -2.36. The number of halogens is 3. The highest BCUT2D eigenvalue weighted by Gasteiger charge is 2.42. The predicted octanol–water partition coefficient (Wildman–Crippen LogP) is 4.36. The van der Waals surface area contributed by atoms with Crippen molar-refractivity contribution in [2.24, 2.45) is 0 Å². The summed E-state index contributed by atoms with van der Waals surface area (Å²) in [7, 11) is 1.59. The first-order valence-corrected chi connectivity index (χ1v) is 8.93. The molecule has 0 radical (unpaired) electrons. The van der Waals surface area contributed by atoms with Gasteiger partial charge in [-0.25, -0.2) is 0 Å². The summed E-state index contributed by atoms with van der Waals surface area (Å²) in [6.45, 7) is 0.843. The van der Waals surface area contributed by atoms with Crippen LogP contribution in [0.2, 0.25) is 0 Å². The van der Waals surface area contributed by atoms with Gasteiger partial charge >= 0.3 is 6.18 Å². The van der Waals surface area contributed by atoms with Gasteiger partial charge in [0.2, 0.25) is 5.91 Å². The van der Waals surface area contributed by atoms with Crippen LogP contribution in [0.1, 0.15) is 29.0 Å². The molecule has 0 spiro atoms. The minimum Gasteiger partial charge on any atom is -0.497 e. The van der Waals surface area contributed by atoms with Crippen LogP contribution in [0.4, 0.5) is 13.2 Å². The molecule has 27 heavy (non-hydrogen) atoms. The largest absolute Gasteiger partial charge is 0.497 e. The molecular formula is C21H22F3NO2. The topological polar surface area (TPSA) is 29.5 Å². The second-order valence-electron chi connectivity index (χ2n) is 6.72. The second-order valence-corrected chi connectivity index (χ2v) is 6.72. The molecule has 0 saturated carbocycles. The van der Waals surface area contributed by atoms with Gasteiger partial charge in [0.15, 0.2) is 0 Å². The molecule has 2 aromatic carbocycles. The SMILES string of the molecule is COc1ccc2c(c1)CCN(C(=O)CC(c1ccccc1)C(F)(F)F)CC2. The number of methoxy groups -OCH3 is 1. The third-order valence-corrected chi connectivity index (χ3v) is 5.04. The second kappa shape index (κ2) is 8.03. The van der Waals surface area contributed by atoms with Crippen molar-refractivity contribution in [3.8, 4) is 5.75 Å². The van der Waals surface area contributed by atoms with Crippen LogP contribution >= 0.6 is 0 Å². The molecule has 1 unspecified atom stereocenters. The first-order valence-electron chi connectivity index (χ1n) is 8.93. The van der Waals surface area contributed by atoms with Crippen LogP contribution in [-0.2, 0) is 17.6 Å². The van der Waals surface area contributed by atoms with Crippen molar-refractivity contribution < 1.29 is 22.7 Å². The molecule has 0 aliphatic carbocycles. The maximum atomic E-state index is 13.5. The standard InChI is InChI=1S/C21H22F3NO2/c1-27-18-8-7-15-9-11-25(12-10-17(15)13-18)20(26)14-19(21(22,23)24)16-5-3-2-4-6-16/h2-8,13,19H,9-12,14H2,1H3. The van der Waals surface area contributed by atoms with Crippen LogP contribution in [0, 0.1) is 0 Å². The zero-order valence-corrected chi connectivity index (χ0v) is 15.1. The van der Waals surface area contributed by atoms with E-state index in [1.54, 1.807) is 30.2 Å². The van der Waals surface area contributed by atoms with Gasteiger partial charge in [-0.2, -0.15) is 13.2 Å². The molecule has 3 nitrogen and oxygen atoms in total. The van der Waals surface area contributed by atoms with E-state index in [1.165, 1.54) is 12.1 Å². The van der Waals surface area contributed by atoms with Crippen molar-refractivity contribution in [1.82, 2.24) is 4.90 Å². The van der Waals surface area contributed by atoms with Crippen LogP contribution in [0.25, 0.3) is 0 Å². The number of nitrogens with zero attached hydrogens (tertiary/aromatic N) is 1. The molecule has 3 rings (SSSR count). The molecule has 1 heterocycles. The van der Waals surface area contributed by atoms with Gasteiger partial charge < -0.3 is 9.64 Å². The van der Waals surface area contributed by atoms with E-state index in [0.29, 0.717) is 25.9 Å². The average molecular weight is 377 g/mol. The Labute approximate surface area is 156 Å². The number of amides is 1. The third kappa shape index (κ3) is 4.62. The lowest BCUT2D eigenvalue weighted by atomic mass is 9.94. The summed E-state index contributed by atoms with van der Waals surface area (Å²) < 4.78 is 45.8. The number of fused-ring (bicyclic) bond motifs is 1. The molecule has 0 saturated heterocycles. The zero-order valence-electron chi connectivity index (χ0n) is 15.1. The van der Waals surface area contributed by atoms with E-state index in [-0.39, 0.29) is 5.56 Å². The maximum Gasteiger partial charge on any atom is 0.396 e. The van der Waals surface area contributed by atoms with Crippen LogP contribution in [0.5, 0.6) is 5.75 Å². The number of hydrogen-bond acceptors (Lipinski definition) is 2. The molecular weight excluding hydrogens is 355 g/mol. The number of carbonyl (C=O) groups is 1. The number of benzene rings is 2. The highest BCUT2D eigenvalue weighted by atomic mass is 19.4. The number of hydrogen-bond donors (Lipinski definition) is 0. The average Bonchev–Trinajstić information content (AvgIpc) is 2.87.